The standard InChI is InChI=1S/C51H67BN9O7S/c1-30-31(2)44(30)48(63)55-41-22-43-54-42(27-69-43)34-19-33-9-7-11-60-46(33)37(20-34)39(23-51(4,5)28-68-50(65)40-10-8-12-61(56-40)49(41)64)47(60)38-21-35(24-53-45(38)32(3)66-6)58-15-13-57(14-16-58)25-36-26-59(52-29-62)17-18-67-36/h19-21,24,27,29-32,36,40-41,44,56H,7-18,22-23,25-26,28H2,1-6H3,(H,55,63)/t30-,31+,32-,36+,40-,41-,44?/m0/s1. The van der Waals surface area contributed by atoms with Crippen LogP contribution in [0.15, 0.2) is 29.8 Å². The third-order valence-electron chi connectivity index (χ3n) is 15.7. The van der Waals surface area contributed by atoms with E-state index in [2.05, 4.69) is 83.3 Å². The van der Waals surface area contributed by atoms with Gasteiger partial charge in [-0.05, 0) is 80.2 Å². The Morgan fingerprint density at radius 1 is 1.09 bits per heavy atom. The average molecular weight is 961 g/mol. The van der Waals surface area contributed by atoms with Gasteiger partial charge in [-0.3, -0.25) is 29.3 Å². The topological polar surface area (TPSA) is 164 Å². The number of ether oxygens (including phenoxy) is 3. The van der Waals surface area contributed by atoms with E-state index in [1.807, 2.05) is 11.0 Å². The first-order valence-electron chi connectivity index (χ1n) is 25.1. The predicted molar refractivity (Wildman–Crippen MR) is 266 cm³/mol. The van der Waals surface area contributed by atoms with Gasteiger partial charge in [0.25, 0.3) is 13.3 Å². The summed E-state index contributed by atoms with van der Waals surface area (Å²) in [6.45, 7) is 18.3. The summed E-state index contributed by atoms with van der Waals surface area (Å²) in [5.74, 6) is -0.408. The number of hydrogen-bond acceptors (Lipinski definition) is 14. The van der Waals surface area contributed by atoms with Crippen molar-refractivity contribution in [2.24, 2.45) is 23.2 Å². The van der Waals surface area contributed by atoms with Crippen molar-refractivity contribution in [2.75, 3.05) is 77.6 Å². The number of aryl methyl sites for hydroxylation is 2. The molecule has 1 unspecified atom stereocenters. The number of pyridine rings is 1. The number of cyclic esters (lactones) is 1. The molecular formula is C51H67BN9O7S. The van der Waals surface area contributed by atoms with Gasteiger partial charge in [0.1, 0.15) is 12.1 Å². The number of piperazine rings is 1. The summed E-state index contributed by atoms with van der Waals surface area (Å²) in [6.07, 6.45) is 6.50. The molecule has 2 N–H and O–H groups in total. The molecule has 1 aromatic carbocycles. The number of fused-ring (bicyclic) bond motifs is 6. The highest BCUT2D eigenvalue weighted by atomic mass is 32.1. The summed E-state index contributed by atoms with van der Waals surface area (Å²) in [4.78, 5) is 70.4. The van der Waals surface area contributed by atoms with Crippen LogP contribution in [0.2, 0.25) is 0 Å². The number of morpholine rings is 1. The third kappa shape index (κ3) is 9.86. The second-order valence-electron chi connectivity index (χ2n) is 21.1. The first-order valence-corrected chi connectivity index (χ1v) is 26.0. The van der Waals surface area contributed by atoms with Crippen molar-refractivity contribution in [2.45, 2.75) is 104 Å². The normalized spacial score (nSPS) is 27.1. The van der Waals surface area contributed by atoms with Crippen molar-refractivity contribution in [3.05, 3.63) is 51.6 Å². The van der Waals surface area contributed by atoms with Gasteiger partial charge in [0.15, 0.2) is 0 Å². The Balaban J connectivity index is 1.03. The lowest BCUT2D eigenvalue weighted by atomic mass is 9.84. The molecule has 10 rings (SSSR count). The van der Waals surface area contributed by atoms with Gasteiger partial charge >= 0.3 is 5.97 Å². The van der Waals surface area contributed by atoms with Crippen LogP contribution in [-0.2, 0) is 59.2 Å². The van der Waals surface area contributed by atoms with Gasteiger partial charge in [0.2, 0.25) is 5.91 Å². The number of amides is 2. The molecular weight excluding hydrogens is 893 g/mol. The molecule has 1 saturated carbocycles. The van der Waals surface area contributed by atoms with Crippen molar-refractivity contribution in [1.82, 2.24) is 40.0 Å². The summed E-state index contributed by atoms with van der Waals surface area (Å²) in [5.41, 5.74) is 12.3. The summed E-state index contributed by atoms with van der Waals surface area (Å²) in [5, 5.41) is 8.60. The van der Waals surface area contributed by atoms with Gasteiger partial charge < -0.3 is 38.6 Å². The summed E-state index contributed by atoms with van der Waals surface area (Å²) >= 11 is 1.51. The maximum absolute atomic E-state index is 14.3. The first kappa shape index (κ1) is 47.9. The van der Waals surface area contributed by atoms with Gasteiger partial charge in [-0.1, -0.05) is 27.7 Å². The second-order valence-corrected chi connectivity index (χ2v) is 22.0. The van der Waals surface area contributed by atoms with E-state index in [9.17, 15) is 19.2 Å². The summed E-state index contributed by atoms with van der Waals surface area (Å²) < 4.78 is 20.9. The number of benzene rings is 1. The number of nitrogens with one attached hydrogen (secondary N) is 2. The lowest BCUT2D eigenvalue weighted by Gasteiger charge is -2.39. The van der Waals surface area contributed by atoms with Crippen LogP contribution in [0.3, 0.4) is 0 Å². The molecule has 69 heavy (non-hydrogen) atoms. The zero-order valence-corrected chi connectivity index (χ0v) is 41.8. The highest BCUT2D eigenvalue weighted by molar-refractivity contribution is 7.10. The van der Waals surface area contributed by atoms with Crippen LogP contribution in [0, 0.1) is 23.2 Å². The van der Waals surface area contributed by atoms with E-state index in [-0.39, 0.29) is 54.8 Å². The minimum atomic E-state index is -0.850. The van der Waals surface area contributed by atoms with E-state index < -0.39 is 23.5 Å². The molecule has 5 aliphatic heterocycles. The molecule has 4 fully saturated rings. The molecule has 18 heteroatoms. The molecule has 6 aliphatic rings. The Kier molecular flexibility index (Phi) is 13.8. The SMILES string of the molecule is CO[C@@H](C)c1ncc(N2CCN(C[C@@H]3CN([B]C=O)CCO3)CC2)cc1-c1c2c3cc(cc4c3n1CCC4)-c1csc(n1)C[C@H](NC(=O)C1[C@@H](C)[C@H]1C)C(=O)N1CCC[C@H](N1)C(=O)OCC(C)(C)C2. The Bertz CT molecular complexity index is 2590. The van der Waals surface area contributed by atoms with Crippen molar-refractivity contribution < 1.29 is 33.4 Å². The minimum Gasteiger partial charge on any atom is -0.464 e. The number of methoxy groups -OCH3 is 1. The van der Waals surface area contributed by atoms with Crippen LogP contribution < -0.4 is 15.6 Å². The molecule has 1 radical (unpaired) electrons. The van der Waals surface area contributed by atoms with E-state index >= 15 is 0 Å². The highest BCUT2D eigenvalue weighted by Gasteiger charge is 2.49. The quantitative estimate of drug-likeness (QED) is 0.128. The molecule has 2 amide bonds. The Morgan fingerprint density at radius 2 is 1.90 bits per heavy atom. The fourth-order valence-corrected chi connectivity index (χ4v) is 12.3. The molecule has 6 bridgehead atoms. The molecule has 3 aromatic heterocycles. The second kappa shape index (κ2) is 19.8. The van der Waals surface area contributed by atoms with E-state index in [0.717, 1.165) is 109 Å². The zero-order chi connectivity index (χ0) is 48.1. The zero-order valence-electron chi connectivity index (χ0n) is 41.0. The lowest BCUT2D eigenvalue weighted by Crippen LogP contribution is -2.60. The number of carbonyl (C=O) groups is 4. The molecule has 16 nitrogen and oxygen atoms in total. The van der Waals surface area contributed by atoms with E-state index in [0.29, 0.717) is 39.0 Å². The van der Waals surface area contributed by atoms with Crippen LogP contribution >= 0.6 is 11.3 Å². The lowest BCUT2D eigenvalue weighted by molar-refractivity contribution is -0.155. The highest BCUT2D eigenvalue weighted by Crippen LogP contribution is 2.47. The van der Waals surface area contributed by atoms with Crippen molar-refractivity contribution >= 4 is 59.3 Å². The number of thiazole rings is 1. The summed E-state index contributed by atoms with van der Waals surface area (Å²) in [6, 6.07) is 5.34. The number of nitrogens with zero attached hydrogens (tertiary/aromatic N) is 7. The van der Waals surface area contributed by atoms with Gasteiger partial charge in [0.05, 0.1) is 71.1 Å². The number of rotatable bonds is 10. The van der Waals surface area contributed by atoms with Crippen molar-refractivity contribution in [1.29, 1.82) is 0 Å². The fraction of sp³-hybridized carbons (Fsp3) is 0.608. The smallest absolute Gasteiger partial charge is 0.324 e. The number of aromatic nitrogens is 3. The Morgan fingerprint density at radius 3 is 2.67 bits per heavy atom. The minimum absolute atomic E-state index is 0.0522. The van der Waals surface area contributed by atoms with Crippen molar-refractivity contribution in [3.8, 4) is 22.5 Å². The first-order chi connectivity index (χ1) is 33.3. The van der Waals surface area contributed by atoms with Crippen LogP contribution in [0.25, 0.3) is 33.4 Å². The van der Waals surface area contributed by atoms with Crippen LogP contribution in [0.4, 0.5) is 5.69 Å². The maximum atomic E-state index is 14.3. The van der Waals surface area contributed by atoms with Crippen molar-refractivity contribution in [3.63, 3.8) is 0 Å². The average Bonchev–Trinajstić information content (AvgIpc) is 3.60. The van der Waals surface area contributed by atoms with E-state index in [1.54, 1.807) is 14.5 Å². The van der Waals surface area contributed by atoms with E-state index in [1.165, 1.54) is 33.0 Å². The number of anilines is 1. The molecule has 0 spiro atoms. The molecule has 4 aromatic rings. The summed E-state index contributed by atoms with van der Waals surface area (Å²) in [7, 11) is 3.35. The van der Waals surface area contributed by atoms with Gasteiger partial charge in [-0.25, -0.2) is 10.4 Å². The van der Waals surface area contributed by atoms with Crippen LogP contribution in [0.1, 0.15) is 81.8 Å². The molecule has 7 atom stereocenters. The number of esters is 1. The van der Waals surface area contributed by atoms with Gasteiger partial charge in [0, 0.05) is 106 Å². The molecule has 1 aliphatic carbocycles. The van der Waals surface area contributed by atoms with Gasteiger partial charge in [-0.15, -0.1) is 11.3 Å². The third-order valence-corrected chi connectivity index (χ3v) is 16.5. The fourth-order valence-electron chi connectivity index (χ4n) is 11.5. The number of hydrogen-bond donors (Lipinski definition) is 2. The monoisotopic (exact) mass is 960 g/mol. The largest absolute Gasteiger partial charge is 0.464 e. The van der Waals surface area contributed by atoms with Gasteiger partial charge in [-0.2, -0.15) is 0 Å². The van der Waals surface area contributed by atoms with Crippen LogP contribution in [-0.4, -0.2) is 152 Å². The molecule has 367 valence electrons. The Hall–Kier alpha value is -4.72. The molecule has 3 saturated heterocycles. The number of carbonyl (C=O) groups excluding carboxylic acids is 4. The number of hydrazine groups is 1. The maximum Gasteiger partial charge on any atom is 0.324 e. The van der Waals surface area contributed by atoms with Crippen LogP contribution in [0.5, 0.6) is 0 Å². The predicted octanol–water partition coefficient (Wildman–Crippen LogP) is 4.66. The van der Waals surface area contributed by atoms with E-state index in [4.69, 9.17) is 24.2 Å². The Labute approximate surface area is 410 Å². The molecule has 8 heterocycles.